The molecule has 1 aliphatic heterocycles. The third-order valence-corrected chi connectivity index (χ3v) is 6.59. The number of esters is 1. The first kappa shape index (κ1) is 31.2. The Balaban J connectivity index is 1.72. The molecule has 0 bridgehead atoms. The summed E-state index contributed by atoms with van der Waals surface area (Å²) in [5.74, 6) is -0.506. The van der Waals surface area contributed by atoms with Gasteiger partial charge in [0, 0.05) is 31.6 Å². The van der Waals surface area contributed by atoms with Gasteiger partial charge in [-0.1, -0.05) is 26.0 Å². The fourth-order valence-corrected chi connectivity index (χ4v) is 4.90. The first-order chi connectivity index (χ1) is 19.6. The molecule has 0 spiro atoms. The molecule has 0 aliphatic carbocycles. The van der Waals surface area contributed by atoms with Crippen molar-refractivity contribution in [2.75, 3.05) is 11.9 Å². The Morgan fingerprint density at radius 3 is 2.50 bits per heavy atom. The van der Waals surface area contributed by atoms with Crippen LogP contribution in [0.25, 0.3) is 17.3 Å². The lowest BCUT2D eigenvalue weighted by molar-refractivity contribution is -0.290. The van der Waals surface area contributed by atoms with Crippen LogP contribution in [0.5, 0.6) is 0 Å². The molecule has 1 saturated heterocycles. The SMILES string of the molecule is CC(C)c1nc(N(C)c2ncnn2C)nc(-c2ccc(F)cc2)c1/C=C/[C@@H]1C[C@H](CC(=O)OC(C)(C)C)OC(C)(C)O1. The zero-order valence-corrected chi connectivity index (χ0v) is 25.9. The molecular formula is C31H41FN6O4. The Labute approximate surface area is 246 Å². The van der Waals surface area contributed by atoms with E-state index in [9.17, 15) is 9.18 Å². The summed E-state index contributed by atoms with van der Waals surface area (Å²) in [6.07, 6.45) is 5.25. The van der Waals surface area contributed by atoms with Gasteiger partial charge in [-0.2, -0.15) is 10.1 Å². The van der Waals surface area contributed by atoms with Gasteiger partial charge in [0.05, 0.1) is 30.0 Å². The van der Waals surface area contributed by atoms with Crippen LogP contribution in [-0.2, 0) is 26.1 Å². The molecule has 0 N–H and O–H groups in total. The zero-order chi connectivity index (χ0) is 30.8. The molecule has 1 fully saturated rings. The minimum absolute atomic E-state index is 0.0328. The second-order valence-corrected chi connectivity index (χ2v) is 12.3. The van der Waals surface area contributed by atoms with Crippen LogP contribution in [0.15, 0.2) is 36.7 Å². The van der Waals surface area contributed by atoms with Gasteiger partial charge in [0.15, 0.2) is 5.79 Å². The van der Waals surface area contributed by atoms with E-state index in [0.29, 0.717) is 24.0 Å². The molecule has 0 unspecified atom stereocenters. The highest BCUT2D eigenvalue weighted by Gasteiger charge is 2.36. The van der Waals surface area contributed by atoms with Crippen LogP contribution in [0.3, 0.4) is 0 Å². The lowest BCUT2D eigenvalue weighted by atomic mass is 9.97. The lowest BCUT2D eigenvalue weighted by Gasteiger charge is -2.39. The van der Waals surface area contributed by atoms with Crippen LogP contribution in [0.4, 0.5) is 16.3 Å². The number of hydrogen-bond donors (Lipinski definition) is 0. The molecule has 1 aromatic carbocycles. The van der Waals surface area contributed by atoms with Gasteiger partial charge in [-0.3, -0.25) is 9.69 Å². The van der Waals surface area contributed by atoms with Crippen LogP contribution >= 0.6 is 0 Å². The Morgan fingerprint density at radius 1 is 1.21 bits per heavy atom. The number of nitrogens with zero attached hydrogens (tertiary/aromatic N) is 6. The molecule has 10 nitrogen and oxygen atoms in total. The number of benzene rings is 1. The van der Waals surface area contributed by atoms with Gasteiger partial charge in [0.1, 0.15) is 17.7 Å². The summed E-state index contributed by atoms with van der Waals surface area (Å²) in [6, 6.07) is 6.24. The fourth-order valence-electron chi connectivity index (χ4n) is 4.90. The first-order valence-corrected chi connectivity index (χ1v) is 14.1. The van der Waals surface area contributed by atoms with Gasteiger partial charge in [0.25, 0.3) is 0 Å². The number of rotatable bonds is 8. The van der Waals surface area contributed by atoms with Gasteiger partial charge in [-0.25, -0.2) is 19.0 Å². The number of carbonyl (C=O) groups excluding carboxylic acids is 1. The molecule has 1 aliphatic rings. The van der Waals surface area contributed by atoms with Crippen LogP contribution in [0, 0.1) is 5.82 Å². The van der Waals surface area contributed by atoms with Crippen molar-refractivity contribution in [2.45, 2.75) is 90.8 Å². The molecule has 0 saturated carbocycles. The van der Waals surface area contributed by atoms with E-state index in [1.54, 1.807) is 28.8 Å². The standard InChI is InChI=1S/C31H41FN6O4/c1-19(2)26-24(15-14-22-16-23(41-31(6,7)40-22)17-25(39)42-30(3,4)5)27(20-10-12-21(32)13-11-20)36-28(35-26)37(8)29-33-18-34-38(29)9/h10-15,18-19,22-23H,16-17H2,1-9H3/b15-14+/t22-,23-/m1/s1. The maximum absolute atomic E-state index is 13.9. The maximum atomic E-state index is 13.9. The number of carbonyl (C=O) groups is 1. The quantitative estimate of drug-likeness (QED) is 0.299. The molecule has 0 radical (unpaired) electrons. The smallest absolute Gasteiger partial charge is 0.308 e. The van der Waals surface area contributed by atoms with Gasteiger partial charge in [-0.05, 0) is 64.8 Å². The molecule has 226 valence electrons. The highest BCUT2D eigenvalue weighted by molar-refractivity contribution is 5.75. The van der Waals surface area contributed by atoms with E-state index >= 15 is 0 Å². The Morgan fingerprint density at radius 2 is 1.90 bits per heavy atom. The van der Waals surface area contributed by atoms with E-state index in [0.717, 1.165) is 16.8 Å². The van der Waals surface area contributed by atoms with Crippen molar-refractivity contribution in [3.05, 3.63) is 53.7 Å². The van der Waals surface area contributed by atoms with E-state index in [-0.39, 0.29) is 36.3 Å². The summed E-state index contributed by atoms with van der Waals surface area (Å²) in [4.78, 5) is 28.5. The van der Waals surface area contributed by atoms with Crippen molar-refractivity contribution < 1.29 is 23.4 Å². The van der Waals surface area contributed by atoms with E-state index in [2.05, 4.69) is 23.9 Å². The maximum Gasteiger partial charge on any atom is 0.308 e. The normalized spacial score (nSPS) is 18.9. The lowest BCUT2D eigenvalue weighted by Crippen LogP contribution is -2.45. The van der Waals surface area contributed by atoms with Crippen molar-refractivity contribution in [3.8, 4) is 11.3 Å². The molecule has 11 heteroatoms. The minimum Gasteiger partial charge on any atom is -0.460 e. The van der Waals surface area contributed by atoms with E-state index in [4.69, 9.17) is 24.2 Å². The summed E-state index contributed by atoms with van der Waals surface area (Å²) in [5, 5.41) is 4.17. The second-order valence-electron chi connectivity index (χ2n) is 12.3. The Hall–Kier alpha value is -3.70. The first-order valence-electron chi connectivity index (χ1n) is 14.1. The van der Waals surface area contributed by atoms with Crippen molar-refractivity contribution in [1.82, 2.24) is 24.7 Å². The average molecular weight is 581 g/mol. The average Bonchev–Trinajstić information content (AvgIpc) is 3.30. The van der Waals surface area contributed by atoms with E-state index in [1.807, 2.05) is 53.8 Å². The molecule has 4 rings (SSSR count). The number of halogens is 1. The van der Waals surface area contributed by atoms with Crippen LogP contribution < -0.4 is 4.90 Å². The summed E-state index contributed by atoms with van der Waals surface area (Å²) in [7, 11) is 3.63. The van der Waals surface area contributed by atoms with Crippen molar-refractivity contribution in [2.24, 2.45) is 7.05 Å². The Bertz CT molecular complexity index is 1430. The van der Waals surface area contributed by atoms with Gasteiger partial charge in [-0.15, -0.1) is 0 Å². The number of anilines is 2. The van der Waals surface area contributed by atoms with Crippen LogP contribution in [0.1, 0.15) is 78.5 Å². The molecular weight excluding hydrogens is 539 g/mol. The van der Waals surface area contributed by atoms with Crippen LogP contribution in [-0.4, -0.2) is 61.3 Å². The number of hydrogen-bond acceptors (Lipinski definition) is 9. The summed E-state index contributed by atoms with van der Waals surface area (Å²) < 4.78 is 33.3. The van der Waals surface area contributed by atoms with Gasteiger partial charge < -0.3 is 14.2 Å². The molecule has 2 aromatic heterocycles. The molecule has 2 atom stereocenters. The van der Waals surface area contributed by atoms with Crippen molar-refractivity contribution in [3.63, 3.8) is 0 Å². The third-order valence-electron chi connectivity index (χ3n) is 6.59. The van der Waals surface area contributed by atoms with Crippen molar-refractivity contribution >= 4 is 23.9 Å². The van der Waals surface area contributed by atoms with Crippen molar-refractivity contribution in [1.29, 1.82) is 0 Å². The largest absolute Gasteiger partial charge is 0.460 e. The number of aromatic nitrogens is 5. The van der Waals surface area contributed by atoms with Crippen LogP contribution in [0.2, 0.25) is 0 Å². The highest BCUT2D eigenvalue weighted by atomic mass is 19.1. The zero-order valence-electron chi connectivity index (χ0n) is 25.9. The summed E-state index contributed by atoms with van der Waals surface area (Å²) in [6.45, 7) is 13.3. The Kier molecular flexibility index (Phi) is 9.12. The second kappa shape index (κ2) is 12.3. The summed E-state index contributed by atoms with van der Waals surface area (Å²) >= 11 is 0. The third kappa shape index (κ3) is 7.77. The molecule has 3 heterocycles. The fraction of sp³-hybridized carbons (Fsp3) is 0.516. The van der Waals surface area contributed by atoms with E-state index in [1.165, 1.54) is 18.5 Å². The molecule has 3 aromatic rings. The van der Waals surface area contributed by atoms with Gasteiger partial charge >= 0.3 is 5.97 Å². The van der Waals surface area contributed by atoms with E-state index < -0.39 is 11.4 Å². The monoisotopic (exact) mass is 580 g/mol. The topological polar surface area (TPSA) is 104 Å². The predicted octanol–water partition coefficient (Wildman–Crippen LogP) is 5.96. The molecule has 0 amide bonds. The number of ether oxygens (including phenoxy) is 3. The van der Waals surface area contributed by atoms with Gasteiger partial charge in [0.2, 0.25) is 11.9 Å². The summed E-state index contributed by atoms with van der Waals surface area (Å²) in [5.41, 5.74) is 2.41. The molecule has 42 heavy (non-hydrogen) atoms. The minimum atomic E-state index is -0.903. The predicted molar refractivity (Wildman–Crippen MR) is 159 cm³/mol. The number of aryl methyl sites for hydroxylation is 1. The highest BCUT2D eigenvalue weighted by Crippen LogP contribution is 2.34.